The summed E-state index contributed by atoms with van der Waals surface area (Å²) in [5.74, 6) is -0.0552. The molecule has 0 aliphatic carbocycles. The summed E-state index contributed by atoms with van der Waals surface area (Å²) < 4.78 is 6.74. The van der Waals surface area contributed by atoms with Gasteiger partial charge in [0, 0.05) is 37.3 Å². The van der Waals surface area contributed by atoms with Gasteiger partial charge in [-0.3, -0.25) is 9.48 Å². The van der Waals surface area contributed by atoms with E-state index in [1.54, 1.807) is 0 Å². The highest BCUT2D eigenvalue weighted by atomic mass is 16.5. The third-order valence-electron chi connectivity index (χ3n) is 3.65. The minimum absolute atomic E-state index is 0.0957. The van der Waals surface area contributed by atoms with Crippen LogP contribution in [0, 0.1) is 19.8 Å². The Hall–Kier alpha value is -1.36. The molecular formula is C12H19N3O2. The zero-order valence-corrected chi connectivity index (χ0v) is 10.8. The number of ether oxygens (including phenoxy) is 1. The second-order valence-electron chi connectivity index (χ2n) is 4.60. The highest BCUT2D eigenvalue weighted by molar-refractivity contribution is 5.74. The van der Waals surface area contributed by atoms with Crippen molar-refractivity contribution < 1.29 is 9.53 Å². The van der Waals surface area contributed by atoms with Crippen LogP contribution < -0.4 is 5.32 Å². The number of carbonyl (C=O) groups is 1. The van der Waals surface area contributed by atoms with Crippen molar-refractivity contribution in [3.05, 3.63) is 17.0 Å². The van der Waals surface area contributed by atoms with Crippen molar-refractivity contribution in [2.75, 3.05) is 20.2 Å². The summed E-state index contributed by atoms with van der Waals surface area (Å²) in [5.41, 5.74) is 3.32. The first kappa shape index (κ1) is 12.1. The molecule has 0 radical (unpaired) electrons. The molecule has 2 heterocycles. The van der Waals surface area contributed by atoms with Gasteiger partial charge in [0.05, 0.1) is 18.7 Å². The van der Waals surface area contributed by atoms with Crippen LogP contribution >= 0.6 is 0 Å². The molecule has 5 heteroatoms. The Labute approximate surface area is 101 Å². The van der Waals surface area contributed by atoms with Crippen LogP contribution in [-0.2, 0) is 16.6 Å². The van der Waals surface area contributed by atoms with Gasteiger partial charge in [0.2, 0.25) is 0 Å². The SMILES string of the molecule is COC(=O)C1CNCC1c1c(C)nn(C)c1C. The molecule has 17 heavy (non-hydrogen) atoms. The van der Waals surface area contributed by atoms with Crippen LogP contribution in [0.4, 0.5) is 0 Å². The quantitative estimate of drug-likeness (QED) is 0.762. The van der Waals surface area contributed by atoms with Crippen molar-refractivity contribution in [1.29, 1.82) is 0 Å². The van der Waals surface area contributed by atoms with Gasteiger partial charge in [0.1, 0.15) is 0 Å². The Morgan fingerprint density at radius 1 is 1.47 bits per heavy atom. The van der Waals surface area contributed by atoms with Crippen LogP contribution in [0.15, 0.2) is 0 Å². The number of methoxy groups -OCH3 is 1. The van der Waals surface area contributed by atoms with Gasteiger partial charge in [-0.1, -0.05) is 0 Å². The van der Waals surface area contributed by atoms with E-state index in [0.29, 0.717) is 6.54 Å². The van der Waals surface area contributed by atoms with Gasteiger partial charge in [-0.25, -0.2) is 0 Å². The monoisotopic (exact) mass is 237 g/mol. The van der Waals surface area contributed by atoms with E-state index in [0.717, 1.165) is 17.9 Å². The van der Waals surface area contributed by atoms with E-state index in [4.69, 9.17) is 4.74 Å². The topological polar surface area (TPSA) is 56.1 Å². The Morgan fingerprint density at radius 3 is 2.71 bits per heavy atom. The van der Waals surface area contributed by atoms with Crippen LogP contribution in [0.2, 0.25) is 0 Å². The molecule has 1 saturated heterocycles. The summed E-state index contributed by atoms with van der Waals surface area (Å²) in [6.07, 6.45) is 0. The Morgan fingerprint density at radius 2 is 2.18 bits per heavy atom. The molecule has 0 amide bonds. The number of hydrogen-bond acceptors (Lipinski definition) is 4. The molecule has 0 saturated carbocycles. The first-order chi connectivity index (χ1) is 8.06. The minimum atomic E-state index is -0.136. The summed E-state index contributed by atoms with van der Waals surface area (Å²) >= 11 is 0. The van der Waals surface area contributed by atoms with Gasteiger partial charge in [-0.15, -0.1) is 0 Å². The molecule has 5 nitrogen and oxygen atoms in total. The van der Waals surface area contributed by atoms with Crippen molar-refractivity contribution >= 4 is 5.97 Å². The number of rotatable bonds is 2. The van der Waals surface area contributed by atoms with E-state index in [2.05, 4.69) is 10.4 Å². The maximum absolute atomic E-state index is 11.7. The molecule has 2 rings (SSSR count). The lowest BCUT2D eigenvalue weighted by Crippen LogP contribution is -2.23. The summed E-state index contributed by atoms with van der Waals surface area (Å²) in [7, 11) is 3.38. The second-order valence-corrected chi connectivity index (χ2v) is 4.60. The molecule has 1 aliphatic rings. The van der Waals surface area contributed by atoms with E-state index in [-0.39, 0.29) is 17.8 Å². The molecule has 2 atom stereocenters. The number of hydrogen-bond donors (Lipinski definition) is 1. The summed E-state index contributed by atoms with van der Waals surface area (Å²) in [6.45, 7) is 5.54. The van der Waals surface area contributed by atoms with Crippen molar-refractivity contribution in [3.8, 4) is 0 Å². The Kier molecular flexibility index (Phi) is 3.19. The maximum atomic E-state index is 11.7. The molecule has 1 aromatic heterocycles. The smallest absolute Gasteiger partial charge is 0.310 e. The van der Waals surface area contributed by atoms with E-state index in [1.807, 2.05) is 25.6 Å². The molecule has 1 aromatic rings. The third-order valence-corrected chi connectivity index (χ3v) is 3.65. The fourth-order valence-corrected chi connectivity index (χ4v) is 2.71. The standard InChI is InChI=1S/C12H19N3O2/c1-7-11(8(2)15(3)14-7)9-5-13-6-10(9)12(16)17-4/h9-10,13H,5-6H2,1-4H3. The molecular weight excluding hydrogens is 218 g/mol. The fourth-order valence-electron chi connectivity index (χ4n) is 2.71. The van der Waals surface area contributed by atoms with E-state index in [9.17, 15) is 4.79 Å². The van der Waals surface area contributed by atoms with Crippen molar-refractivity contribution in [3.63, 3.8) is 0 Å². The van der Waals surface area contributed by atoms with Gasteiger partial charge in [0.25, 0.3) is 0 Å². The molecule has 1 fully saturated rings. The predicted octanol–water partition coefficient (Wildman–Crippen LogP) is 0.513. The summed E-state index contributed by atoms with van der Waals surface area (Å²) in [5, 5.41) is 7.67. The van der Waals surface area contributed by atoms with Gasteiger partial charge in [-0.2, -0.15) is 5.10 Å². The summed E-state index contributed by atoms with van der Waals surface area (Å²) in [6, 6.07) is 0. The Bertz CT molecular complexity index is 439. The normalized spacial score (nSPS) is 24.0. The van der Waals surface area contributed by atoms with Crippen molar-refractivity contribution in [2.24, 2.45) is 13.0 Å². The van der Waals surface area contributed by atoms with E-state index in [1.165, 1.54) is 12.7 Å². The van der Waals surface area contributed by atoms with Crippen molar-refractivity contribution in [1.82, 2.24) is 15.1 Å². The van der Waals surface area contributed by atoms with E-state index >= 15 is 0 Å². The highest BCUT2D eigenvalue weighted by Crippen LogP contribution is 2.32. The van der Waals surface area contributed by atoms with Crippen LogP contribution in [0.5, 0.6) is 0 Å². The minimum Gasteiger partial charge on any atom is -0.469 e. The largest absolute Gasteiger partial charge is 0.469 e. The lowest BCUT2D eigenvalue weighted by Gasteiger charge is -2.17. The maximum Gasteiger partial charge on any atom is 0.310 e. The summed E-state index contributed by atoms with van der Waals surface area (Å²) in [4.78, 5) is 11.7. The molecule has 0 aromatic carbocycles. The molecule has 2 unspecified atom stereocenters. The zero-order chi connectivity index (χ0) is 12.6. The molecule has 1 aliphatic heterocycles. The van der Waals surface area contributed by atoms with Gasteiger partial charge >= 0.3 is 5.97 Å². The van der Waals surface area contributed by atoms with Crippen LogP contribution in [-0.4, -0.2) is 35.9 Å². The lowest BCUT2D eigenvalue weighted by molar-refractivity contribution is -0.145. The number of esters is 1. The first-order valence-corrected chi connectivity index (χ1v) is 5.85. The predicted molar refractivity (Wildman–Crippen MR) is 63.8 cm³/mol. The van der Waals surface area contributed by atoms with Crippen LogP contribution in [0.25, 0.3) is 0 Å². The zero-order valence-electron chi connectivity index (χ0n) is 10.8. The van der Waals surface area contributed by atoms with Gasteiger partial charge < -0.3 is 10.1 Å². The second kappa shape index (κ2) is 4.49. The number of carbonyl (C=O) groups excluding carboxylic acids is 1. The average Bonchev–Trinajstić information content (AvgIpc) is 2.84. The van der Waals surface area contributed by atoms with Crippen molar-refractivity contribution in [2.45, 2.75) is 19.8 Å². The number of nitrogens with zero attached hydrogens (tertiary/aromatic N) is 2. The molecule has 1 N–H and O–H groups in total. The molecule has 0 spiro atoms. The van der Waals surface area contributed by atoms with Crippen LogP contribution in [0.1, 0.15) is 22.9 Å². The highest BCUT2D eigenvalue weighted by Gasteiger charge is 2.37. The molecule has 0 bridgehead atoms. The van der Waals surface area contributed by atoms with Gasteiger partial charge in [0.15, 0.2) is 0 Å². The fraction of sp³-hybridized carbons (Fsp3) is 0.667. The first-order valence-electron chi connectivity index (χ1n) is 5.85. The van der Waals surface area contributed by atoms with E-state index < -0.39 is 0 Å². The number of aromatic nitrogens is 2. The van der Waals surface area contributed by atoms with Crippen LogP contribution in [0.3, 0.4) is 0 Å². The molecule has 94 valence electrons. The van der Waals surface area contributed by atoms with Gasteiger partial charge in [-0.05, 0) is 13.8 Å². The number of aryl methyl sites for hydroxylation is 2. The number of nitrogens with one attached hydrogen (secondary N) is 1. The Balaban J connectivity index is 2.35. The lowest BCUT2D eigenvalue weighted by atomic mass is 9.87. The third kappa shape index (κ3) is 1.95. The average molecular weight is 237 g/mol.